The van der Waals surface area contributed by atoms with Gasteiger partial charge in [-0.15, -0.1) is 0 Å². The molecule has 0 aromatic carbocycles. The van der Waals surface area contributed by atoms with E-state index >= 15 is 0 Å². The molecule has 1 unspecified atom stereocenters. The Labute approximate surface area is 111 Å². The predicted octanol–water partition coefficient (Wildman–Crippen LogP) is 2.52. The largest absolute Gasteiger partial charge is 0.376 e. The Bertz CT molecular complexity index is 534. The minimum absolute atomic E-state index is 0.0860. The standard InChI is InChI=1S/C13H18ClN3O/c1-13(2)5-10(13)16-11-9(14)6-15-17(12(11)18)7-8-3-4-8/h6,8,10,16H,3-5,7H2,1-2H3. The van der Waals surface area contributed by atoms with Gasteiger partial charge in [0, 0.05) is 12.6 Å². The van der Waals surface area contributed by atoms with Crippen LogP contribution >= 0.6 is 11.6 Å². The molecule has 2 saturated carbocycles. The van der Waals surface area contributed by atoms with Gasteiger partial charge in [0.1, 0.15) is 5.69 Å². The first kappa shape index (κ1) is 12.0. The highest BCUT2D eigenvalue weighted by Gasteiger charge is 2.46. The predicted molar refractivity (Wildman–Crippen MR) is 72.0 cm³/mol. The van der Waals surface area contributed by atoms with E-state index in [0.717, 1.165) is 13.0 Å². The summed E-state index contributed by atoms with van der Waals surface area (Å²) >= 11 is 6.08. The lowest BCUT2D eigenvalue weighted by Gasteiger charge is -2.11. The molecule has 3 rings (SSSR count). The van der Waals surface area contributed by atoms with E-state index in [1.54, 1.807) is 10.9 Å². The fourth-order valence-electron chi connectivity index (χ4n) is 2.16. The van der Waals surface area contributed by atoms with Crippen molar-refractivity contribution in [1.29, 1.82) is 0 Å². The third-order valence-electron chi connectivity index (χ3n) is 3.96. The molecule has 1 aromatic heterocycles. The van der Waals surface area contributed by atoms with Crippen molar-refractivity contribution in [2.24, 2.45) is 11.3 Å². The molecule has 1 aromatic rings. The highest BCUT2D eigenvalue weighted by atomic mass is 35.5. The van der Waals surface area contributed by atoms with Crippen LogP contribution in [0.2, 0.25) is 5.02 Å². The molecule has 5 heteroatoms. The highest BCUT2D eigenvalue weighted by Crippen LogP contribution is 2.46. The smallest absolute Gasteiger partial charge is 0.291 e. The molecule has 0 spiro atoms. The molecular formula is C13H18ClN3O. The number of anilines is 1. The zero-order valence-electron chi connectivity index (χ0n) is 10.7. The third kappa shape index (κ3) is 2.26. The lowest BCUT2D eigenvalue weighted by Crippen LogP contribution is -2.28. The molecule has 98 valence electrons. The van der Waals surface area contributed by atoms with Gasteiger partial charge in [-0.2, -0.15) is 5.10 Å². The molecule has 0 saturated heterocycles. The summed E-state index contributed by atoms with van der Waals surface area (Å²) in [5, 5.41) is 7.81. The molecule has 0 bridgehead atoms. The SMILES string of the molecule is CC1(C)CC1Nc1c(Cl)cnn(CC2CC2)c1=O. The van der Waals surface area contributed by atoms with Crippen LogP contribution < -0.4 is 10.9 Å². The van der Waals surface area contributed by atoms with Crippen molar-refractivity contribution in [2.45, 2.75) is 45.7 Å². The van der Waals surface area contributed by atoms with Gasteiger partial charge in [-0.1, -0.05) is 25.4 Å². The van der Waals surface area contributed by atoms with Gasteiger partial charge in [-0.05, 0) is 30.6 Å². The first-order chi connectivity index (χ1) is 8.47. The molecular weight excluding hydrogens is 250 g/mol. The average molecular weight is 268 g/mol. The number of nitrogens with one attached hydrogen (secondary N) is 1. The second kappa shape index (κ2) is 3.98. The Kier molecular flexibility index (Phi) is 2.66. The van der Waals surface area contributed by atoms with Crippen molar-refractivity contribution in [3.8, 4) is 0 Å². The van der Waals surface area contributed by atoms with Gasteiger partial charge in [-0.25, -0.2) is 4.68 Å². The van der Waals surface area contributed by atoms with Gasteiger partial charge in [0.25, 0.3) is 5.56 Å². The summed E-state index contributed by atoms with van der Waals surface area (Å²) in [4.78, 5) is 12.3. The molecule has 1 N–H and O–H groups in total. The summed E-state index contributed by atoms with van der Waals surface area (Å²) in [6.07, 6.45) is 5.06. The minimum Gasteiger partial charge on any atom is -0.376 e. The van der Waals surface area contributed by atoms with E-state index in [2.05, 4.69) is 24.3 Å². The van der Waals surface area contributed by atoms with E-state index in [0.29, 0.717) is 22.7 Å². The molecule has 1 heterocycles. The van der Waals surface area contributed by atoms with Crippen LogP contribution in [0.5, 0.6) is 0 Å². The van der Waals surface area contributed by atoms with Gasteiger partial charge < -0.3 is 5.32 Å². The van der Waals surface area contributed by atoms with E-state index in [9.17, 15) is 4.79 Å². The van der Waals surface area contributed by atoms with Gasteiger partial charge in [0.15, 0.2) is 0 Å². The van der Waals surface area contributed by atoms with Crippen molar-refractivity contribution < 1.29 is 0 Å². The van der Waals surface area contributed by atoms with Gasteiger partial charge in [0.05, 0.1) is 11.2 Å². The summed E-state index contributed by atoms with van der Waals surface area (Å²) < 4.78 is 1.54. The van der Waals surface area contributed by atoms with Crippen molar-refractivity contribution in [3.63, 3.8) is 0 Å². The normalized spacial score (nSPS) is 24.9. The molecule has 2 fully saturated rings. The van der Waals surface area contributed by atoms with Gasteiger partial charge in [-0.3, -0.25) is 4.79 Å². The molecule has 0 amide bonds. The van der Waals surface area contributed by atoms with E-state index in [1.807, 2.05) is 0 Å². The Morgan fingerprint density at radius 3 is 2.78 bits per heavy atom. The third-order valence-corrected chi connectivity index (χ3v) is 4.24. The lowest BCUT2D eigenvalue weighted by molar-refractivity contribution is 0.534. The zero-order chi connectivity index (χ0) is 12.9. The number of halogens is 1. The van der Waals surface area contributed by atoms with Crippen LogP contribution in [0.1, 0.15) is 33.1 Å². The molecule has 0 radical (unpaired) electrons. The summed E-state index contributed by atoms with van der Waals surface area (Å²) in [7, 11) is 0. The van der Waals surface area contributed by atoms with Crippen LogP contribution in [0.15, 0.2) is 11.0 Å². The first-order valence-corrected chi connectivity index (χ1v) is 6.87. The zero-order valence-corrected chi connectivity index (χ0v) is 11.5. The lowest BCUT2D eigenvalue weighted by atomic mass is 10.2. The molecule has 0 aliphatic heterocycles. The van der Waals surface area contributed by atoms with Crippen LogP contribution in [0, 0.1) is 11.3 Å². The maximum atomic E-state index is 12.3. The summed E-state index contributed by atoms with van der Waals surface area (Å²) in [5.41, 5.74) is 0.695. The Balaban J connectivity index is 1.85. The maximum Gasteiger partial charge on any atom is 0.291 e. The van der Waals surface area contributed by atoms with Crippen molar-refractivity contribution in [2.75, 3.05) is 5.32 Å². The van der Waals surface area contributed by atoms with Crippen LogP contribution in [0.3, 0.4) is 0 Å². The average Bonchev–Trinajstić information content (AvgIpc) is 3.18. The fourth-order valence-corrected chi connectivity index (χ4v) is 2.34. The highest BCUT2D eigenvalue weighted by molar-refractivity contribution is 6.33. The first-order valence-electron chi connectivity index (χ1n) is 6.49. The molecule has 2 aliphatic rings. The summed E-state index contributed by atoms with van der Waals surface area (Å²) in [6.45, 7) is 5.09. The Hall–Kier alpha value is -1.03. The summed E-state index contributed by atoms with van der Waals surface area (Å²) in [5.74, 6) is 0.626. The van der Waals surface area contributed by atoms with Crippen LogP contribution in [0.4, 0.5) is 5.69 Å². The molecule has 2 aliphatic carbocycles. The quantitative estimate of drug-likeness (QED) is 0.912. The number of hydrogen-bond acceptors (Lipinski definition) is 3. The van der Waals surface area contributed by atoms with E-state index in [4.69, 9.17) is 11.6 Å². The van der Waals surface area contributed by atoms with Crippen molar-refractivity contribution >= 4 is 17.3 Å². The molecule has 1 atom stereocenters. The Morgan fingerprint density at radius 1 is 1.56 bits per heavy atom. The summed E-state index contributed by atoms with van der Waals surface area (Å²) in [6, 6.07) is 0.347. The molecule has 18 heavy (non-hydrogen) atoms. The number of aromatic nitrogens is 2. The molecule has 4 nitrogen and oxygen atoms in total. The Morgan fingerprint density at radius 2 is 2.22 bits per heavy atom. The minimum atomic E-state index is -0.0860. The van der Waals surface area contributed by atoms with Crippen LogP contribution in [0.25, 0.3) is 0 Å². The van der Waals surface area contributed by atoms with E-state index in [-0.39, 0.29) is 11.0 Å². The van der Waals surface area contributed by atoms with Crippen LogP contribution in [-0.2, 0) is 6.54 Å². The maximum absolute atomic E-state index is 12.3. The number of nitrogens with zero attached hydrogens (tertiary/aromatic N) is 2. The van der Waals surface area contributed by atoms with Crippen LogP contribution in [-0.4, -0.2) is 15.8 Å². The number of hydrogen-bond donors (Lipinski definition) is 1. The topological polar surface area (TPSA) is 46.9 Å². The van der Waals surface area contributed by atoms with Gasteiger partial charge >= 0.3 is 0 Å². The van der Waals surface area contributed by atoms with E-state index < -0.39 is 0 Å². The second-order valence-electron chi connectivity index (χ2n) is 6.19. The second-order valence-corrected chi connectivity index (χ2v) is 6.59. The van der Waals surface area contributed by atoms with E-state index in [1.165, 1.54) is 12.8 Å². The van der Waals surface area contributed by atoms with Gasteiger partial charge in [0.2, 0.25) is 0 Å². The number of rotatable bonds is 4. The fraction of sp³-hybridized carbons (Fsp3) is 0.692. The van der Waals surface area contributed by atoms with Crippen molar-refractivity contribution in [3.05, 3.63) is 21.6 Å². The van der Waals surface area contributed by atoms with Crippen molar-refractivity contribution in [1.82, 2.24) is 9.78 Å². The monoisotopic (exact) mass is 267 g/mol.